The third-order valence-corrected chi connectivity index (χ3v) is 3.58. The van der Waals surface area contributed by atoms with Crippen LogP contribution in [0.4, 0.5) is 0 Å². The van der Waals surface area contributed by atoms with E-state index in [1.165, 1.54) is 5.56 Å². The van der Waals surface area contributed by atoms with Crippen LogP contribution in [0.5, 0.6) is 0 Å². The van der Waals surface area contributed by atoms with Crippen LogP contribution in [0.25, 0.3) is 0 Å². The molecule has 1 heterocycles. The molecule has 0 aliphatic rings. The minimum absolute atomic E-state index is 0.461. The molecule has 0 amide bonds. The van der Waals surface area contributed by atoms with Gasteiger partial charge in [-0.3, -0.25) is 4.90 Å². The molecule has 2 N–H and O–H groups in total. The Hall–Kier alpha value is -1.10. The Morgan fingerprint density at radius 1 is 1.21 bits per heavy atom. The van der Waals surface area contributed by atoms with E-state index in [4.69, 9.17) is 10.2 Å². The van der Waals surface area contributed by atoms with Crippen LogP contribution in [-0.4, -0.2) is 11.9 Å². The van der Waals surface area contributed by atoms with E-state index in [0.717, 1.165) is 34.6 Å². The predicted octanol–water partition coefficient (Wildman–Crippen LogP) is 3.44. The molecule has 102 valence electrons. The molecule has 0 saturated carbocycles. The van der Waals surface area contributed by atoms with E-state index >= 15 is 0 Å². The van der Waals surface area contributed by atoms with Gasteiger partial charge in [-0.05, 0) is 43.3 Å². The topological polar surface area (TPSA) is 42.4 Å². The van der Waals surface area contributed by atoms with Crippen molar-refractivity contribution >= 4 is 15.9 Å². The van der Waals surface area contributed by atoms with Gasteiger partial charge in [0, 0.05) is 11.0 Å². The van der Waals surface area contributed by atoms with Crippen molar-refractivity contribution in [2.24, 2.45) is 5.73 Å². The zero-order valence-corrected chi connectivity index (χ0v) is 12.9. The van der Waals surface area contributed by atoms with Crippen LogP contribution in [0.2, 0.25) is 0 Å². The number of nitrogens with zero attached hydrogens (tertiary/aromatic N) is 1. The first kappa shape index (κ1) is 14.3. The number of aryl methyl sites for hydroxylation is 1. The molecule has 0 spiro atoms. The molecule has 19 heavy (non-hydrogen) atoms. The van der Waals surface area contributed by atoms with Gasteiger partial charge in [-0.25, -0.2) is 0 Å². The summed E-state index contributed by atoms with van der Waals surface area (Å²) in [6.45, 7) is 4.17. The maximum absolute atomic E-state index is 5.72. The summed E-state index contributed by atoms with van der Waals surface area (Å²) < 4.78 is 6.82. The molecule has 1 aromatic carbocycles. The predicted molar refractivity (Wildman–Crippen MR) is 80.6 cm³/mol. The van der Waals surface area contributed by atoms with Gasteiger partial charge in [0.2, 0.25) is 0 Å². The van der Waals surface area contributed by atoms with E-state index in [0.29, 0.717) is 6.54 Å². The van der Waals surface area contributed by atoms with Gasteiger partial charge in [0.15, 0.2) is 0 Å². The summed E-state index contributed by atoms with van der Waals surface area (Å²) in [7, 11) is 2.09. The van der Waals surface area contributed by atoms with E-state index in [1.54, 1.807) is 0 Å². The number of hydrogen-bond donors (Lipinski definition) is 1. The van der Waals surface area contributed by atoms with Crippen molar-refractivity contribution in [1.82, 2.24) is 4.90 Å². The summed E-state index contributed by atoms with van der Waals surface area (Å²) in [5.41, 5.74) is 8.04. The number of benzene rings is 1. The van der Waals surface area contributed by atoms with Crippen molar-refractivity contribution in [1.29, 1.82) is 0 Å². The summed E-state index contributed by atoms with van der Waals surface area (Å²) >= 11 is 3.44. The van der Waals surface area contributed by atoms with Crippen LogP contribution in [0.3, 0.4) is 0 Å². The van der Waals surface area contributed by atoms with E-state index in [1.807, 2.05) is 6.92 Å². The normalized spacial score (nSPS) is 11.2. The van der Waals surface area contributed by atoms with Crippen molar-refractivity contribution in [3.63, 3.8) is 0 Å². The summed E-state index contributed by atoms with van der Waals surface area (Å²) in [6.07, 6.45) is 0. The first-order valence-electron chi connectivity index (χ1n) is 6.29. The Morgan fingerprint density at radius 3 is 2.47 bits per heavy atom. The summed E-state index contributed by atoms with van der Waals surface area (Å²) in [5.74, 6) is 1.85. The van der Waals surface area contributed by atoms with Crippen LogP contribution in [0, 0.1) is 6.92 Å². The van der Waals surface area contributed by atoms with E-state index in [2.05, 4.69) is 58.2 Å². The fraction of sp³-hybridized carbons (Fsp3) is 0.333. The van der Waals surface area contributed by atoms with Gasteiger partial charge in [0.05, 0.1) is 13.1 Å². The summed E-state index contributed by atoms with van der Waals surface area (Å²) in [5, 5.41) is 0. The fourth-order valence-corrected chi connectivity index (χ4v) is 2.36. The zero-order valence-electron chi connectivity index (χ0n) is 11.3. The largest absolute Gasteiger partial charge is 0.463 e. The van der Waals surface area contributed by atoms with Gasteiger partial charge >= 0.3 is 0 Å². The molecule has 1 aromatic heterocycles. The van der Waals surface area contributed by atoms with Crippen LogP contribution in [-0.2, 0) is 19.6 Å². The summed E-state index contributed by atoms with van der Waals surface area (Å²) in [4.78, 5) is 2.22. The second-order valence-corrected chi connectivity index (χ2v) is 5.74. The van der Waals surface area contributed by atoms with Gasteiger partial charge in [-0.2, -0.15) is 0 Å². The molecule has 0 atom stereocenters. The summed E-state index contributed by atoms with van der Waals surface area (Å²) in [6, 6.07) is 10.4. The minimum atomic E-state index is 0.461. The van der Waals surface area contributed by atoms with Crippen LogP contribution < -0.4 is 5.73 Å². The smallest absolute Gasteiger partial charge is 0.120 e. The lowest BCUT2D eigenvalue weighted by molar-refractivity contribution is 0.283. The molecule has 3 nitrogen and oxygen atoms in total. The number of halogens is 1. The van der Waals surface area contributed by atoms with E-state index in [9.17, 15) is 0 Å². The van der Waals surface area contributed by atoms with Crippen LogP contribution in [0.15, 0.2) is 39.2 Å². The molecule has 4 heteroatoms. The Bertz CT molecular complexity index is 534. The molecular formula is C15H19BrN2O. The third kappa shape index (κ3) is 3.93. The van der Waals surface area contributed by atoms with Gasteiger partial charge in [0.25, 0.3) is 0 Å². The molecule has 0 unspecified atom stereocenters. The molecule has 0 aliphatic heterocycles. The first-order chi connectivity index (χ1) is 9.08. The molecule has 2 aromatic rings. The number of hydrogen-bond acceptors (Lipinski definition) is 3. The molecule has 0 fully saturated rings. The first-order valence-corrected chi connectivity index (χ1v) is 7.09. The number of rotatable bonds is 5. The minimum Gasteiger partial charge on any atom is -0.463 e. The van der Waals surface area contributed by atoms with E-state index < -0.39 is 0 Å². The second kappa shape index (κ2) is 6.37. The van der Waals surface area contributed by atoms with Crippen molar-refractivity contribution in [2.75, 3.05) is 7.05 Å². The number of nitrogens with two attached hydrogens (primary N) is 1. The molecule has 0 saturated heterocycles. The molecule has 0 bridgehead atoms. The van der Waals surface area contributed by atoms with Gasteiger partial charge in [0.1, 0.15) is 11.5 Å². The molecule has 0 aliphatic carbocycles. The van der Waals surface area contributed by atoms with Crippen molar-refractivity contribution in [3.05, 3.63) is 57.5 Å². The highest BCUT2D eigenvalue weighted by molar-refractivity contribution is 9.10. The van der Waals surface area contributed by atoms with E-state index in [-0.39, 0.29) is 0 Å². The fourth-order valence-electron chi connectivity index (χ4n) is 2.09. The highest BCUT2D eigenvalue weighted by Crippen LogP contribution is 2.17. The standard InChI is InChI=1S/C15H19BrN2O/c1-11-7-14(19-15(11)8-17)10-18(2)9-12-3-5-13(16)6-4-12/h3-7H,8-10,17H2,1-2H3. The van der Waals surface area contributed by atoms with Crippen molar-refractivity contribution in [3.8, 4) is 0 Å². The van der Waals surface area contributed by atoms with Gasteiger partial charge in [-0.15, -0.1) is 0 Å². The molecular weight excluding hydrogens is 304 g/mol. The third-order valence-electron chi connectivity index (χ3n) is 3.05. The lowest BCUT2D eigenvalue weighted by Crippen LogP contribution is -2.16. The van der Waals surface area contributed by atoms with Gasteiger partial charge in [-0.1, -0.05) is 28.1 Å². The van der Waals surface area contributed by atoms with Gasteiger partial charge < -0.3 is 10.2 Å². The Labute approximate surface area is 122 Å². The maximum atomic E-state index is 5.72. The molecule has 0 radical (unpaired) electrons. The van der Waals surface area contributed by atoms with Crippen LogP contribution >= 0.6 is 15.9 Å². The Morgan fingerprint density at radius 2 is 1.89 bits per heavy atom. The van der Waals surface area contributed by atoms with Crippen molar-refractivity contribution in [2.45, 2.75) is 26.6 Å². The SMILES string of the molecule is Cc1cc(CN(C)Cc2ccc(Br)cc2)oc1CN. The lowest BCUT2D eigenvalue weighted by atomic mass is 10.2. The monoisotopic (exact) mass is 322 g/mol. The highest BCUT2D eigenvalue weighted by Gasteiger charge is 2.08. The lowest BCUT2D eigenvalue weighted by Gasteiger charge is -2.15. The average molecular weight is 323 g/mol. The zero-order chi connectivity index (χ0) is 13.8. The average Bonchev–Trinajstić information content (AvgIpc) is 2.72. The quantitative estimate of drug-likeness (QED) is 0.916. The Balaban J connectivity index is 1.96. The molecule has 2 rings (SSSR count). The Kier molecular flexibility index (Phi) is 4.80. The second-order valence-electron chi connectivity index (χ2n) is 4.82. The van der Waals surface area contributed by atoms with Crippen LogP contribution in [0.1, 0.15) is 22.6 Å². The maximum Gasteiger partial charge on any atom is 0.120 e. The highest BCUT2D eigenvalue weighted by atomic mass is 79.9. The number of furan rings is 1. The van der Waals surface area contributed by atoms with Crippen molar-refractivity contribution < 1.29 is 4.42 Å².